The Kier molecular flexibility index (Phi) is 23.8. The van der Waals surface area contributed by atoms with E-state index >= 15 is 17.6 Å². The van der Waals surface area contributed by atoms with Crippen LogP contribution in [0.1, 0.15) is 85.2 Å². The molecule has 59 nitrogen and oxygen atoms in total. The van der Waals surface area contributed by atoms with Gasteiger partial charge in [0.25, 0.3) is 21.2 Å². The quantitative estimate of drug-likeness (QED) is 0.0504. The molecule has 13 N–H and O–H groups in total. The monoisotopic (exact) mass is 1980 g/mol. The number of Topliss-reactive ketones (excluding diaryl/α,β-unsaturated/α-hetero) is 1. The molecule has 21 heterocycles. The number of H-pyrrole nitrogens is 2. The number of nitrogens with two attached hydrogens (primary N) is 3. The van der Waals surface area contributed by atoms with Crippen LogP contribution in [0.5, 0.6) is 0 Å². The summed E-state index contributed by atoms with van der Waals surface area (Å²) in [6.07, 6.45) is -25.0. The maximum Gasteiger partial charge on any atom is 0.472 e. The van der Waals surface area contributed by atoms with Gasteiger partial charge in [0.05, 0.1) is 69.4 Å². The van der Waals surface area contributed by atoms with Gasteiger partial charge in [0, 0.05) is 38.6 Å². The van der Waals surface area contributed by atoms with Crippen molar-refractivity contribution < 1.29 is 144 Å². The van der Waals surface area contributed by atoms with Crippen molar-refractivity contribution in [3.8, 4) is 0 Å². The summed E-state index contributed by atoms with van der Waals surface area (Å²) in [5, 5.41) is 7.74. The number of hydrogen-bond donors (Lipinski definition) is 10. The lowest BCUT2D eigenvalue weighted by Crippen LogP contribution is -2.43. The third-order valence-corrected chi connectivity index (χ3v) is 28.3. The van der Waals surface area contributed by atoms with Gasteiger partial charge in [0.1, 0.15) is 102 Å². The van der Waals surface area contributed by atoms with Crippen molar-refractivity contribution in [2.45, 2.75) is 175 Å². The molecule has 9 saturated heterocycles. The minimum atomic E-state index is -5.16. The molecule has 132 heavy (non-hydrogen) atoms. The number of anilines is 3. The number of aliphatic imine (C=N–C) groups is 1. The van der Waals surface area contributed by atoms with E-state index in [1.807, 2.05) is 4.72 Å². The average molecular weight is 1980 g/mol. The second-order valence-corrected chi connectivity index (χ2v) is 39.4. The second kappa shape index (κ2) is 34.6. The molecule has 6 bridgehead atoms. The largest absolute Gasteiger partial charge is 0.472 e. The van der Waals surface area contributed by atoms with Gasteiger partial charge in [0.15, 0.2) is 142 Å². The van der Waals surface area contributed by atoms with Crippen LogP contribution in [0.3, 0.4) is 0 Å². The Bertz CT molecular complexity index is 7070. The summed E-state index contributed by atoms with van der Waals surface area (Å²) in [5.41, 5.74) is 17.0. The summed E-state index contributed by atoms with van der Waals surface area (Å²) in [6, 6.07) is 0. The molecule has 21 rings (SSSR count). The zero-order valence-electron chi connectivity index (χ0n) is 67.0. The molecule has 11 aromatic heterocycles. The van der Waals surface area contributed by atoms with Crippen molar-refractivity contribution >= 4 is 145 Å². The van der Waals surface area contributed by atoms with Crippen LogP contribution in [0.25, 0.3) is 55.8 Å². The Morgan fingerprint density at radius 3 is 1.50 bits per heavy atom. The number of hydrogen-bond acceptors (Lipinski definition) is 46. The number of ketones is 1. The predicted molar refractivity (Wildman–Crippen MR) is 423 cm³/mol. The Balaban J connectivity index is 0.000000128. The molecule has 10 aliphatic rings. The van der Waals surface area contributed by atoms with E-state index in [4.69, 9.17) is 85.3 Å². The van der Waals surface area contributed by atoms with Crippen LogP contribution < -0.4 is 37.8 Å². The van der Waals surface area contributed by atoms with Crippen LogP contribution in [0, 0.1) is 13.8 Å². The number of rotatable bonds is 6. The summed E-state index contributed by atoms with van der Waals surface area (Å²) < 4.78 is 274. The molecular formula is C63H70F4N29O30P3S3. The van der Waals surface area contributed by atoms with E-state index in [0.29, 0.717) is 0 Å². The maximum absolute atomic E-state index is 15.9. The number of nitrogen functional groups attached to an aromatic ring is 3. The van der Waals surface area contributed by atoms with Crippen LogP contribution in [0.2, 0.25) is 0 Å². The first-order chi connectivity index (χ1) is 62.7. The first kappa shape index (κ1) is 90.8. The van der Waals surface area contributed by atoms with Crippen molar-refractivity contribution in [2.24, 2.45) is 4.99 Å². The number of aromatic amines is 2. The number of ether oxygens (including phenoxy) is 6. The number of carbonyl (C=O) groups excluding carboxylic acids is 1. The van der Waals surface area contributed by atoms with Gasteiger partial charge in [-0.2, -0.15) is 39.4 Å². The van der Waals surface area contributed by atoms with Crippen molar-refractivity contribution in [2.75, 3.05) is 55.9 Å². The van der Waals surface area contributed by atoms with Crippen molar-refractivity contribution in [1.82, 2.24) is 122 Å². The standard InChI is InChI=1S/C21H22F2N9O10PS.2C21H24FN10O10PS/c22-11-10-4-38-43(34,35)41-15-9(39-20(12(15)23)31-7-29-14-17(24)26-5-27-19(14)31)3-30-44(36,37)42-16(11)21(40-10)32-6-28-13-8(33)1-2-25-18(13)32;1-8-29-18-14(19(33)30-8)27-7-32(18)20-10-2-9(39-20)4-38-43(34,35)41-15-11(3-28-44(36,37)42-10)40-21(12(15)22)31-6-26-13-16(23)24-5-25-17(13)31;1-8-27-18-14(19(33)28-8)29-30-32(18)20-10-4-9(39-20)2-3-44(36,37)42-15-11(5-38-43(34,35)41-10)40-21(12(15)22)31-7-26-13-16(23)24-6-25-17(13)31/h2,5-7,9-12,15-16,20-21,30H,1,3-4H2,(H,34,35)(H2,24,26,27);5-7,9-12,15,20-21,28H,2-4H2,1H3,(H,34,35)(H2,23,24,25)(H,29,30,33);6-7,9-12,15,20-21H,2-5H2,1H3,(H,34,35)(H2,23,24,25)(H,27,28,33). The summed E-state index contributed by atoms with van der Waals surface area (Å²) in [7, 11) is -28.9. The number of fused-ring (bicyclic) bond motifs is 15. The minimum absolute atomic E-state index is 0.00458. The molecule has 0 aliphatic carbocycles. The number of nitrogens with one attached hydrogen (secondary N) is 4. The normalized spacial score (nSPS) is 35.3. The lowest BCUT2D eigenvalue weighted by molar-refractivity contribution is -0.0584. The van der Waals surface area contributed by atoms with Gasteiger partial charge >= 0.3 is 44.1 Å². The number of aryl methyl sites for hydroxylation is 2. The lowest BCUT2D eigenvalue weighted by atomic mass is 10.1. The van der Waals surface area contributed by atoms with E-state index in [2.05, 4.69) is 94.8 Å². The smallest absolute Gasteiger partial charge is 0.382 e. The molecule has 9 fully saturated rings. The van der Waals surface area contributed by atoms with Gasteiger partial charge in [-0.3, -0.25) is 68.5 Å². The van der Waals surface area contributed by atoms with Gasteiger partial charge in [-0.1, -0.05) is 5.21 Å². The maximum atomic E-state index is 15.9. The molecule has 25 unspecified atom stereocenters. The van der Waals surface area contributed by atoms with Gasteiger partial charge in [-0.05, 0) is 20.3 Å². The van der Waals surface area contributed by atoms with Gasteiger partial charge in [0.2, 0.25) is 0 Å². The summed E-state index contributed by atoms with van der Waals surface area (Å²) in [4.78, 5) is 130. The molecule has 0 saturated carbocycles. The number of phosphoric ester groups is 3. The van der Waals surface area contributed by atoms with E-state index in [1.165, 1.54) is 45.8 Å². The van der Waals surface area contributed by atoms with Crippen LogP contribution in [0.4, 0.5) is 40.8 Å². The summed E-state index contributed by atoms with van der Waals surface area (Å²) >= 11 is 0. The second-order valence-electron chi connectivity index (χ2n) is 30.6. The molecule has 0 radical (unpaired) electrons. The first-order valence-electron chi connectivity index (χ1n) is 39.1. The number of carbonyl (C=O) groups is 1. The van der Waals surface area contributed by atoms with Crippen molar-refractivity contribution in [3.05, 3.63) is 88.7 Å². The number of nitrogens with zero attached hydrogens (tertiary/aromatic N) is 22. The molecule has 0 amide bonds. The highest BCUT2D eigenvalue weighted by atomic mass is 32.2. The Hall–Kier alpha value is -10.3. The van der Waals surface area contributed by atoms with Gasteiger partial charge < -0.3 is 70.3 Å². The van der Waals surface area contributed by atoms with Crippen molar-refractivity contribution in [3.63, 3.8) is 0 Å². The van der Waals surface area contributed by atoms with Crippen LogP contribution in [-0.2, 0) is 113 Å². The third kappa shape index (κ3) is 17.6. The zero-order valence-corrected chi connectivity index (χ0v) is 72.1. The van der Waals surface area contributed by atoms with E-state index < -0.39 is 239 Å². The van der Waals surface area contributed by atoms with E-state index in [0.717, 1.165) is 45.5 Å². The fourth-order valence-corrected chi connectivity index (χ4v) is 22.1. The number of halogens is 4. The van der Waals surface area contributed by atoms with Crippen LogP contribution in [0.15, 0.2) is 65.2 Å². The van der Waals surface area contributed by atoms with E-state index in [1.54, 1.807) is 6.92 Å². The predicted octanol–water partition coefficient (Wildman–Crippen LogP) is -1.70. The molecular weight excluding hydrogens is 1910 g/mol. The molecule has 69 heteroatoms. The fraction of sp³-hybridized carbons (Fsp3) is 0.540. The number of phosphoric acid groups is 3. The van der Waals surface area contributed by atoms with Crippen LogP contribution in [-0.4, -0.2) is 301 Å². The molecule has 708 valence electrons. The Labute approximate surface area is 732 Å². The van der Waals surface area contributed by atoms with Crippen molar-refractivity contribution in [1.29, 1.82) is 0 Å². The van der Waals surface area contributed by atoms with Crippen LogP contribution >= 0.6 is 23.5 Å². The zero-order chi connectivity index (χ0) is 92.9. The molecule has 0 spiro atoms. The summed E-state index contributed by atoms with van der Waals surface area (Å²) in [6.45, 7) is -0.638. The number of alkyl halides is 4. The number of imidazole rings is 5. The first-order valence-corrected chi connectivity index (χ1v) is 48.0. The highest BCUT2D eigenvalue weighted by Gasteiger charge is 2.58. The minimum Gasteiger partial charge on any atom is -0.382 e. The molecule has 0 aromatic carbocycles. The van der Waals surface area contributed by atoms with Gasteiger partial charge in [-0.25, -0.2) is 109 Å². The topological polar surface area (TPSA) is 773 Å². The van der Waals surface area contributed by atoms with E-state index in [-0.39, 0.29) is 128 Å². The molecule has 11 aromatic rings. The van der Waals surface area contributed by atoms with E-state index in [9.17, 15) is 68.0 Å². The van der Waals surface area contributed by atoms with Gasteiger partial charge in [-0.15, -0.1) is 5.10 Å². The highest BCUT2D eigenvalue weighted by molar-refractivity contribution is 7.86. The summed E-state index contributed by atoms with van der Waals surface area (Å²) in [5.74, 6) is -0.465. The molecule has 10 aliphatic heterocycles. The highest BCUT2D eigenvalue weighted by Crippen LogP contribution is 2.55. The lowest BCUT2D eigenvalue weighted by Gasteiger charge is -2.24. The number of aromatic nitrogens is 23. The SMILES string of the molecule is Cc1nc2c(ncn2C2OC3COP(=O)(O)OC4C(CNS(=O)(=O)OC2C3)OC(n2cnc3c(N)ncnc32)C4F)c(=O)[nH]1.Cc1nc2c(nnn2C2OC3CCS(=O)(=O)OC4C(COP(=O)(O)OC2C3)OC(n2cnc3c(N)ncnc32)C4F)c(=O)[nH]1.Nc1ncnc2c1ncn2C1OC2CNS(=O)(=O)OC3C(F)C(COP(=O)(O)OC2C1F)OC3n1cnc2c1N=CCC2=O. The fourth-order valence-electron chi connectivity index (χ4n) is 16.1. The average Bonchev–Trinajstić information content (AvgIpc) is 1.66. The Morgan fingerprint density at radius 2 is 0.924 bits per heavy atom. The molecule has 25 atom stereocenters. The Morgan fingerprint density at radius 1 is 0.455 bits per heavy atom. The third-order valence-electron chi connectivity index (χ3n) is 22.0.